The van der Waals surface area contributed by atoms with Crippen LogP contribution < -0.4 is 4.74 Å². The van der Waals surface area contributed by atoms with Crippen molar-refractivity contribution in [3.8, 4) is 22.9 Å². The molecule has 0 aliphatic heterocycles. The van der Waals surface area contributed by atoms with E-state index in [0.717, 1.165) is 28.2 Å². The Labute approximate surface area is 202 Å². The maximum atomic E-state index is 13.4. The molecule has 0 unspecified atom stereocenters. The lowest BCUT2D eigenvalue weighted by atomic mass is 10.1. The predicted molar refractivity (Wildman–Crippen MR) is 132 cm³/mol. The van der Waals surface area contributed by atoms with Crippen LogP contribution in [0.4, 0.5) is 0 Å². The molecule has 5 nitrogen and oxygen atoms in total. The Morgan fingerprint density at radius 3 is 2.55 bits per heavy atom. The average molecular weight is 478 g/mol. The molecule has 2 heterocycles. The third-order valence-corrected chi connectivity index (χ3v) is 6.82. The van der Waals surface area contributed by atoms with E-state index < -0.39 is 0 Å². The van der Waals surface area contributed by atoms with E-state index in [4.69, 9.17) is 21.4 Å². The van der Waals surface area contributed by atoms with Crippen LogP contribution in [0.25, 0.3) is 11.3 Å². The number of benzene rings is 2. The maximum absolute atomic E-state index is 13.4. The first-order chi connectivity index (χ1) is 16.1. The first-order valence-electron chi connectivity index (χ1n) is 11.0. The molecular formula is C26H24ClN3O2S. The van der Waals surface area contributed by atoms with Gasteiger partial charge in [0.1, 0.15) is 11.4 Å². The molecule has 0 atom stereocenters. The fourth-order valence-corrected chi connectivity index (χ4v) is 4.66. The molecule has 1 aliphatic rings. The summed E-state index contributed by atoms with van der Waals surface area (Å²) in [5.41, 5.74) is 2.70. The van der Waals surface area contributed by atoms with Crippen LogP contribution in [0.5, 0.6) is 11.6 Å². The van der Waals surface area contributed by atoms with Crippen molar-refractivity contribution in [2.24, 2.45) is 13.0 Å². The standard InChI is InChI=1S/C26H24ClN3O2S/c1-29-26(32-21-13-11-20(27)12-14-21)22(24(28-29)19-6-3-2-4-7-19)17-30(16-18-9-10-18)25(31)23-8-5-15-33-23/h2-8,11-15,18H,9-10,16-17H2,1H3. The van der Waals surface area contributed by atoms with Crippen LogP contribution >= 0.6 is 22.9 Å². The highest BCUT2D eigenvalue weighted by atomic mass is 35.5. The summed E-state index contributed by atoms with van der Waals surface area (Å²) in [6, 6.07) is 21.1. The Morgan fingerprint density at radius 2 is 1.88 bits per heavy atom. The van der Waals surface area contributed by atoms with Gasteiger partial charge in [0.05, 0.1) is 17.0 Å². The van der Waals surface area contributed by atoms with E-state index in [1.54, 1.807) is 16.8 Å². The summed E-state index contributed by atoms with van der Waals surface area (Å²) in [7, 11) is 1.87. The van der Waals surface area contributed by atoms with Crippen LogP contribution in [0.1, 0.15) is 28.1 Å². The summed E-state index contributed by atoms with van der Waals surface area (Å²) in [5.74, 6) is 1.90. The van der Waals surface area contributed by atoms with Gasteiger partial charge in [-0.2, -0.15) is 5.10 Å². The summed E-state index contributed by atoms with van der Waals surface area (Å²) in [6.07, 6.45) is 2.34. The molecule has 0 N–H and O–H groups in total. The number of halogens is 1. The van der Waals surface area contributed by atoms with Crippen LogP contribution in [0.3, 0.4) is 0 Å². The first-order valence-corrected chi connectivity index (χ1v) is 12.2. The molecule has 1 aliphatic carbocycles. The van der Waals surface area contributed by atoms with Gasteiger partial charge in [-0.15, -0.1) is 11.3 Å². The number of hydrogen-bond donors (Lipinski definition) is 0. The number of ether oxygens (including phenoxy) is 1. The fraction of sp³-hybridized carbons (Fsp3) is 0.231. The van der Waals surface area contributed by atoms with Gasteiger partial charge in [-0.05, 0) is 54.5 Å². The first kappa shape index (κ1) is 21.7. The van der Waals surface area contributed by atoms with Crippen LogP contribution in [-0.2, 0) is 13.6 Å². The van der Waals surface area contributed by atoms with Crippen molar-refractivity contribution >= 4 is 28.8 Å². The monoisotopic (exact) mass is 477 g/mol. The largest absolute Gasteiger partial charge is 0.439 e. The van der Waals surface area contributed by atoms with E-state index in [2.05, 4.69) is 0 Å². The molecule has 1 saturated carbocycles. The zero-order chi connectivity index (χ0) is 22.8. The lowest BCUT2D eigenvalue weighted by Crippen LogP contribution is -2.32. The molecule has 1 amide bonds. The topological polar surface area (TPSA) is 47.4 Å². The maximum Gasteiger partial charge on any atom is 0.264 e. The summed E-state index contributed by atoms with van der Waals surface area (Å²) in [6.45, 7) is 1.16. The normalized spacial score (nSPS) is 13.2. The summed E-state index contributed by atoms with van der Waals surface area (Å²) < 4.78 is 8.04. The smallest absolute Gasteiger partial charge is 0.264 e. The molecule has 168 valence electrons. The summed E-state index contributed by atoms with van der Waals surface area (Å²) in [5, 5.41) is 7.38. The lowest BCUT2D eigenvalue weighted by Gasteiger charge is -2.23. The van der Waals surface area contributed by atoms with Gasteiger partial charge < -0.3 is 9.64 Å². The third-order valence-electron chi connectivity index (χ3n) is 5.71. The van der Waals surface area contributed by atoms with E-state index in [0.29, 0.717) is 29.1 Å². The van der Waals surface area contributed by atoms with Gasteiger partial charge in [0.15, 0.2) is 0 Å². The molecule has 1 fully saturated rings. The molecule has 0 spiro atoms. The van der Waals surface area contributed by atoms with Crippen LogP contribution in [-0.4, -0.2) is 27.1 Å². The lowest BCUT2D eigenvalue weighted by molar-refractivity contribution is 0.0739. The number of amides is 1. The predicted octanol–water partition coefficient (Wildman–Crippen LogP) is 6.65. The molecular weight excluding hydrogens is 454 g/mol. The zero-order valence-electron chi connectivity index (χ0n) is 18.3. The van der Waals surface area contributed by atoms with E-state index in [-0.39, 0.29) is 5.91 Å². The molecule has 0 saturated heterocycles. The second-order valence-corrected chi connectivity index (χ2v) is 9.67. The number of nitrogens with zero attached hydrogens (tertiary/aromatic N) is 3. The Bertz CT molecular complexity index is 1230. The number of aromatic nitrogens is 2. The Kier molecular flexibility index (Phi) is 6.20. The molecule has 7 heteroatoms. The van der Waals surface area contributed by atoms with Gasteiger partial charge in [-0.1, -0.05) is 48.0 Å². The molecule has 0 bridgehead atoms. The molecule has 5 rings (SSSR count). The zero-order valence-corrected chi connectivity index (χ0v) is 19.9. The van der Waals surface area contributed by atoms with Gasteiger partial charge in [0.25, 0.3) is 5.91 Å². The number of thiophene rings is 1. The Morgan fingerprint density at radius 1 is 1.12 bits per heavy atom. The van der Waals surface area contributed by atoms with E-state index >= 15 is 0 Å². The van der Waals surface area contributed by atoms with Crippen LogP contribution in [0.2, 0.25) is 5.02 Å². The number of carbonyl (C=O) groups is 1. The number of rotatable bonds is 8. The summed E-state index contributed by atoms with van der Waals surface area (Å²) >= 11 is 7.53. The minimum absolute atomic E-state index is 0.0530. The molecule has 2 aromatic carbocycles. The minimum atomic E-state index is 0.0530. The third kappa shape index (κ3) is 4.97. The van der Waals surface area contributed by atoms with Crippen LogP contribution in [0.15, 0.2) is 72.1 Å². The van der Waals surface area contributed by atoms with Gasteiger partial charge in [-0.3, -0.25) is 4.79 Å². The molecule has 33 heavy (non-hydrogen) atoms. The van der Waals surface area contributed by atoms with E-state index in [9.17, 15) is 4.79 Å². The minimum Gasteiger partial charge on any atom is -0.439 e. The van der Waals surface area contributed by atoms with Crippen molar-refractivity contribution in [3.05, 3.63) is 87.6 Å². The van der Waals surface area contributed by atoms with E-state index in [1.165, 1.54) is 24.2 Å². The molecule has 0 radical (unpaired) electrons. The summed E-state index contributed by atoms with van der Waals surface area (Å²) in [4.78, 5) is 16.1. The van der Waals surface area contributed by atoms with Crippen molar-refractivity contribution in [1.29, 1.82) is 0 Å². The Balaban J connectivity index is 1.55. The Hall–Kier alpha value is -3.09. The second-order valence-electron chi connectivity index (χ2n) is 8.28. The van der Waals surface area contributed by atoms with Crippen molar-refractivity contribution in [3.63, 3.8) is 0 Å². The van der Waals surface area contributed by atoms with Gasteiger partial charge >= 0.3 is 0 Å². The van der Waals surface area contributed by atoms with Crippen molar-refractivity contribution < 1.29 is 9.53 Å². The van der Waals surface area contributed by atoms with Gasteiger partial charge in [-0.25, -0.2) is 4.68 Å². The van der Waals surface area contributed by atoms with E-state index in [1.807, 2.05) is 71.9 Å². The van der Waals surface area contributed by atoms with Crippen molar-refractivity contribution in [2.45, 2.75) is 19.4 Å². The highest BCUT2D eigenvalue weighted by molar-refractivity contribution is 7.12. The van der Waals surface area contributed by atoms with Gasteiger partial charge in [0, 0.05) is 24.2 Å². The fourth-order valence-electron chi connectivity index (χ4n) is 3.84. The second kappa shape index (κ2) is 9.41. The van der Waals surface area contributed by atoms with Crippen LogP contribution in [0, 0.1) is 5.92 Å². The quantitative estimate of drug-likeness (QED) is 0.285. The SMILES string of the molecule is Cn1nc(-c2ccccc2)c(CN(CC2CC2)C(=O)c2cccs2)c1Oc1ccc(Cl)cc1. The van der Waals surface area contributed by atoms with Crippen molar-refractivity contribution in [2.75, 3.05) is 6.54 Å². The number of aryl methyl sites for hydroxylation is 1. The molecule has 2 aromatic heterocycles. The van der Waals surface area contributed by atoms with Gasteiger partial charge in [0.2, 0.25) is 5.88 Å². The number of carbonyl (C=O) groups excluding carboxylic acids is 1. The van der Waals surface area contributed by atoms with Crippen molar-refractivity contribution in [1.82, 2.24) is 14.7 Å². The highest BCUT2D eigenvalue weighted by Gasteiger charge is 2.30. The average Bonchev–Trinajstić information content (AvgIpc) is 3.37. The molecule has 4 aromatic rings. The highest BCUT2D eigenvalue weighted by Crippen LogP contribution is 2.36. The number of hydrogen-bond acceptors (Lipinski definition) is 4.